The van der Waals surface area contributed by atoms with Crippen molar-refractivity contribution >= 4 is 17.6 Å². The smallest absolute Gasteiger partial charge is 0.356 e. The number of rotatable bonds is 3. The third-order valence-electron chi connectivity index (χ3n) is 2.65. The Labute approximate surface area is 121 Å². The van der Waals surface area contributed by atoms with Crippen molar-refractivity contribution in [3.63, 3.8) is 0 Å². The van der Waals surface area contributed by atoms with E-state index in [1.54, 1.807) is 30.3 Å². The van der Waals surface area contributed by atoms with Gasteiger partial charge in [-0.25, -0.2) is 9.78 Å². The number of amides is 1. The van der Waals surface area contributed by atoms with Gasteiger partial charge in [-0.15, -0.1) is 0 Å². The van der Waals surface area contributed by atoms with Crippen LogP contribution in [0.2, 0.25) is 0 Å². The number of nitrogens with zero attached hydrogens (tertiary/aromatic N) is 2. The first-order valence-electron chi connectivity index (χ1n) is 6.01. The number of esters is 1. The summed E-state index contributed by atoms with van der Waals surface area (Å²) in [7, 11) is 1.24. The lowest BCUT2D eigenvalue weighted by molar-refractivity contribution is 0.0594. The lowest BCUT2D eigenvalue weighted by Crippen LogP contribution is -2.15. The Hall–Kier alpha value is -3.20. The molecule has 0 bridgehead atoms. The number of pyridine rings is 1. The van der Waals surface area contributed by atoms with Gasteiger partial charge in [0.2, 0.25) is 0 Å². The number of benzene rings is 1. The van der Waals surface area contributed by atoms with E-state index in [2.05, 4.69) is 15.0 Å². The van der Waals surface area contributed by atoms with Crippen molar-refractivity contribution in [2.75, 3.05) is 12.4 Å². The van der Waals surface area contributed by atoms with Crippen LogP contribution in [0.5, 0.6) is 0 Å². The highest BCUT2D eigenvalue weighted by Crippen LogP contribution is 2.10. The lowest BCUT2D eigenvalue weighted by Gasteiger charge is -2.05. The number of nitrogens with one attached hydrogen (secondary N) is 1. The van der Waals surface area contributed by atoms with E-state index in [1.807, 2.05) is 6.07 Å². The van der Waals surface area contributed by atoms with Gasteiger partial charge in [0.1, 0.15) is 11.4 Å². The van der Waals surface area contributed by atoms with Crippen molar-refractivity contribution in [1.82, 2.24) is 4.98 Å². The predicted molar refractivity (Wildman–Crippen MR) is 74.7 cm³/mol. The molecule has 6 nitrogen and oxygen atoms in total. The first-order chi connectivity index (χ1) is 10.1. The molecule has 6 heteroatoms. The Balaban J connectivity index is 2.16. The molecule has 21 heavy (non-hydrogen) atoms. The Kier molecular flexibility index (Phi) is 4.26. The number of anilines is 1. The molecule has 0 spiro atoms. The van der Waals surface area contributed by atoms with Crippen molar-refractivity contribution in [1.29, 1.82) is 5.26 Å². The first-order valence-corrected chi connectivity index (χ1v) is 6.01. The number of aromatic nitrogens is 1. The van der Waals surface area contributed by atoms with Crippen molar-refractivity contribution in [2.24, 2.45) is 0 Å². The van der Waals surface area contributed by atoms with E-state index in [0.29, 0.717) is 11.3 Å². The Morgan fingerprint density at radius 1 is 1.14 bits per heavy atom. The number of hydrogen-bond acceptors (Lipinski definition) is 5. The number of carbonyl (C=O) groups is 2. The van der Waals surface area contributed by atoms with Crippen LogP contribution in [0.3, 0.4) is 0 Å². The molecule has 2 aromatic rings. The van der Waals surface area contributed by atoms with Gasteiger partial charge in [0.05, 0.1) is 18.7 Å². The molecule has 2 rings (SSSR count). The SMILES string of the molecule is COC(=O)c1cccc(C(=O)Nc2ccc(C#N)cc2)n1. The third-order valence-corrected chi connectivity index (χ3v) is 2.65. The quantitative estimate of drug-likeness (QED) is 0.868. The average Bonchev–Trinajstić information content (AvgIpc) is 2.55. The van der Waals surface area contributed by atoms with Crippen LogP contribution in [0.1, 0.15) is 26.5 Å². The largest absolute Gasteiger partial charge is 0.464 e. The summed E-state index contributed by atoms with van der Waals surface area (Å²) in [6.07, 6.45) is 0. The average molecular weight is 281 g/mol. The molecule has 0 aliphatic carbocycles. The second-order valence-corrected chi connectivity index (χ2v) is 4.04. The van der Waals surface area contributed by atoms with E-state index >= 15 is 0 Å². The van der Waals surface area contributed by atoms with Crippen LogP contribution in [-0.4, -0.2) is 24.0 Å². The highest BCUT2D eigenvalue weighted by atomic mass is 16.5. The maximum atomic E-state index is 12.0. The lowest BCUT2D eigenvalue weighted by atomic mass is 10.2. The molecule has 0 radical (unpaired) electrons. The molecule has 0 unspecified atom stereocenters. The van der Waals surface area contributed by atoms with Crippen LogP contribution in [0.25, 0.3) is 0 Å². The van der Waals surface area contributed by atoms with E-state index in [0.717, 1.165) is 0 Å². The molecule has 1 N–H and O–H groups in total. The number of carbonyl (C=O) groups excluding carboxylic acids is 2. The van der Waals surface area contributed by atoms with Gasteiger partial charge in [0.15, 0.2) is 0 Å². The van der Waals surface area contributed by atoms with Gasteiger partial charge in [-0.05, 0) is 36.4 Å². The topological polar surface area (TPSA) is 92.1 Å². The molecule has 0 aliphatic heterocycles. The van der Waals surface area contributed by atoms with E-state index in [9.17, 15) is 9.59 Å². The Morgan fingerprint density at radius 2 is 1.81 bits per heavy atom. The summed E-state index contributed by atoms with van der Waals surface area (Å²) in [5, 5.41) is 11.3. The van der Waals surface area contributed by atoms with Gasteiger partial charge < -0.3 is 10.1 Å². The molecule has 0 saturated carbocycles. The Morgan fingerprint density at radius 3 is 2.43 bits per heavy atom. The van der Waals surface area contributed by atoms with Crippen LogP contribution in [0, 0.1) is 11.3 Å². The zero-order valence-electron chi connectivity index (χ0n) is 11.2. The molecule has 1 aromatic heterocycles. The highest BCUT2D eigenvalue weighted by Gasteiger charge is 2.12. The maximum Gasteiger partial charge on any atom is 0.356 e. The maximum absolute atomic E-state index is 12.0. The molecular weight excluding hydrogens is 270 g/mol. The fourth-order valence-corrected chi connectivity index (χ4v) is 1.60. The number of ether oxygens (including phenoxy) is 1. The second kappa shape index (κ2) is 6.30. The number of hydrogen-bond donors (Lipinski definition) is 1. The fraction of sp³-hybridized carbons (Fsp3) is 0.0667. The van der Waals surface area contributed by atoms with E-state index in [4.69, 9.17) is 5.26 Å². The summed E-state index contributed by atoms with van der Waals surface area (Å²) in [6.45, 7) is 0. The zero-order chi connectivity index (χ0) is 15.2. The molecule has 1 heterocycles. The summed E-state index contributed by atoms with van der Waals surface area (Å²) >= 11 is 0. The standard InChI is InChI=1S/C15H11N3O3/c1-21-15(20)13-4-2-3-12(18-13)14(19)17-11-7-5-10(9-16)6-8-11/h2-8H,1H3,(H,17,19). The summed E-state index contributed by atoms with van der Waals surface area (Å²) in [6, 6.07) is 12.9. The van der Waals surface area contributed by atoms with Gasteiger partial charge in [-0.1, -0.05) is 6.07 Å². The second-order valence-electron chi connectivity index (χ2n) is 4.04. The number of nitriles is 1. The van der Waals surface area contributed by atoms with Gasteiger partial charge in [-0.2, -0.15) is 5.26 Å². The minimum absolute atomic E-state index is 0.0602. The van der Waals surface area contributed by atoms with Crippen LogP contribution in [0.15, 0.2) is 42.5 Å². The third kappa shape index (κ3) is 3.42. The van der Waals surface area contributed by atoms with Gasteiger partial charge >= 0.3 is 5.97 Å². The van der Waals surface area contributed by atoms with E-state index in [-0.39, 0.29) is 11.4 Å². The van der Waals surface area contributed by atoms with Gasteiger partial charge in [0.25, 0.3) is 5.91 Å². The first kappa shape index (κ1) is 14.2. The summed E-state index contributed by atoms with van der Waals surface area (Å²) in [5.74, 6) is -1.06. The minimum atomic E-state index is -0.608. The molecule has 0 atom stereocenters. The van der Waals surface area contributed by atoms with Crippen molar-refractivity contribution in [2.45, 2.75) is 0 Å². The zero-order valence-corrected chi connectivity index (χ0v) is 11.2. The summed E-state index contributed by atoms with van der Waals surface area (Å²) in [4.78, 5) is 27.3. The van der Waals surface area contributed by atoms with Crippen LogP contribution in [0.4, 0.5) is 5.69 Å². The van der Waals surface area contributed by atoms with Crippen LogP contribution >= 0.6 is 0 Å². The van der Waals surface area contributed by atoms with Gasteiger partial charge in [-0.3, -0.25) is 4.79 Å². The molecule has 104 valence electrons. The molecule has 1 amide bonds. The molecule has 0 saturated heterocycles. The molecule has 0 fully saturated rings. The van der Waals surface area contributed by atoms with E-state index < -0.39 is 11.9 Å². The predicted octanol–water partition coefficient (Wildman–Crippen LogP) is 1.99. The molecule has 1 aromatic carbocycles. The van der Waals surface area contributed by atoms with Crippen molar-refractivity contribution in [3.8, 4) is 6.07 Å². The monoisotopic (exact) mass is 281 g/mol. The van der Waals surface area contributed by atoms with Crippen LogP contribution in [-0.2, 0) is 4.74 Å². The van der Waals surface area contributed by atoms with Crippen molar-refractivity contribution in [3.05, 3.63) is 59.4 Å². The normalized spacial score (nSPS) is 9.52. The number of methoxy groups -OCH3 is 1. The highest BCUT2D eigenvalue weighted by molar-refractivity contribution is 6.03. The molecule has 0 aliphatic rings. The Bertz CT molecular complexity index is 718. The summed E-state index contributed by atoms with van der Waals surface area (Å²) in [5.41, 5.74) is 1.19. The van der Waals surface area contributed by atoms with Crippen LogP contribution < -0.4 is 5.32 Å². The van der Waals surface area contributed by atoms with Crippen molar-refractivity contribution < 1.29 is 14.3 Å². The molecular formula is C15H11N3O3. The van der Waals surface area contributed by atoms with E-state index in [1.165, 1.54) is 19.2 Å². The van der Waals surface area contributed by atoms with Gasteiger partial charge in [0, 0.05) is 5.69 Å². The fourth-order valence-electron chi connectivity index (χ4n) is 1.60. The summed E-state index contributed by atoms with van der Waals surface area (Å²) < 4.78 is 4.55. The minimum Gasteiger partial charge on any atom is -0.464 e.